The van der Waals surface area contributed by atoms with Crippen molar-refractivity contribution in [1.82, 2.24) is 14.2 Å². The van der Waals surface area contributed by atoms with Crippen LogP contribution in [0.25, 0.3) is 10.9 Å². The molecule has 0 saturated carbocycles. The minimum absolute atomic E-state index is 0.0362. The smallest absolute Gasteiger partial charge is 0.365 e. The van der Waals surface area contributed by atoms with E-state index in [0.29, 0.717) is 29.3 Å². The zero-order chi connectivity index (χ0) is 27.9. The van der Waals surface area contributed by atoms with E-state index in [4.69, 9.17) is 18.9 Å². The molecule has 2 atom stereocenters. The van der Waals surface area contributed by atoms with Crippen molar-refractivity contribution in [1.29, 1.82) is 0 Å². The lowest BCUT2D eigenvalue weighted by Gasteiger charge is -2.42. The van der Waals surface area contributed by atoms with Gasteiger partial charge in [0.05, 0.1) is 10.9 Å². The van der Waals surface area contributed by atoms with Crippen molar-refractivity contribution in [2.75, 3.05) is 13.4 Å². The number of ether oxygens (including phenoxy) is 4. The Morgan fingerprint density at radius 3 is 2.49 bits per heavy atom. The second kappa shape index (κ2) is 9.92. The number of benzene rings is 2. The van der Waals surface area contributed by atoms with Crippen molar-refractivity contribution >= 4 is 39.0 Å². The molecule has 2 amide bonds. The van der Waals surface area contributed by atoms with Gasteiger partial charge < -0.3 is 28.8 Å². The molecule has 39 heavy (non-hydrogen) atoms. The highest BCUT2D eigenvalue weighted by Gasteiger charge is 2.57. The number of amides is 2. The monoisotopic (exact) mass is 559 g/mol. The topological polar surface area (TPSA) is 180 Å². The van der Waals surface area contributed by atoms with Gasteiger partial charge in [-0.1, -0.05) is 18.2 Å². The molecule has 0 spiro atoms. The van der Waals surface area contributed by atoms with Crippen LogP contribution in [0.15, 0.2) is 53.5 Å². The zero-order valence-corrected chi connectivity index (χ0v) is 21.0. The first-order chi connectivity index (χ1) is 18.6. The van der Waals surface area contributed by atoms with E-state index in [0.717, 1.165) is 0 Å². The number of nitrogens with one attached hydrogen (secondary N) is 1. The number of aromatic nitrogens is 1. The quantitative estimate of drug-likeness (QED) is 0.222. The Morgan fingerprint density at radius 1 is 1.13 bits per heavy atom. The van der Waals surface area contributed by atoms with Crippen LogP contribution < -0.4 is 25.0 Å². The summed E-state index contributed by atoms with van der Waals surface area (Å²) < 4.78 is 55.7. The van der Waals surface area contributed by atoms with Gasteiger partial charge >= 0.3 is 16.3 Å². The maximum atomic E-state index is 13.2. The van der Waals surface area contributed by atoms with Crippen molar-refractivity contribution in [2.24, 2.45) is 0 Å². The Labute approximate surface area is 220 Å². The largest absolute Gasteiger partial charge is 0.484 e. The van der Waals surface area contributed by atoms with Crippen molar-refractivity contribution < 1.29 is 46.3 Å². The third-order valence-corrected chi connectivity index (χ3v) is 6.93. The number of carbonyl (C=O) groups is 3. The molecular formula is C24H21N3O11S. The molecule has 204 valence electrons. The number of hydrogen-bond acceptors (Lipinski definition) is 10. The molecule has 2 N–H and O–H groups in total. The SMILES string of the molecule is CCn1cc(C(=O)OC2[C@H](NC(=O)COc3ccccc3)C(=O)N2S(=O)(=O)O)c(=O)c2cc3c(cc21)OCO3. The molecule has 1 unspecified atom stereocenters. The van der Waals surface area contributed by atoms with Gasteiger partial charge in [0.25, 0.3) is 11.8 Å². The van der Waals surface area contributed by atoms with E-state index in [-0.39, 0.29) is 16.5 Å². The summed E-state index contributed by atoms with van der Waals surface area (Å²) >= 11 is 0. The van der Waals surface area contributed by atoms with Crippen LogP contribution in [-0.2, 0) is 31.2 Å². The number of para-hydroxylation sites is 1. The Bertz CT molecular complexity index is 1650. The van der Waals surface area contributed by atoms with E-state index in [2.05, 4.69) is 5.32 Å². The summed E-state index contributed by atoms with van der Waals surface area (Å²) in [4.78, 5) is 51.1. The van der Waals surface area contributed by atoms with Crippen LogP contribution in [0.2, 0.25) is 0 Å². The van der Waals surface area contributed by atoms with Crippen molar-refractivity contribution in [3.05, 3.63) is 64.4 Å². The summed E-state index contributed by atoms with van der Waals surface area (Å²) in [5.74, 6) is -2.28. The molecule has 5 rings (SSSR count). The van der Waals surface area contributed by atoms with Gasteiger partial charge in [-0.15, -0.1) is 0 Å². The second-order valence-electron chi connectivity index (χ2n) is 8.44. The highest BCUT2D eigenvalue weighted by molar-refractivity contribution is 7.84. The molecule has 3 heterocycles. The van der Waals surface area contributed by atoms with Gasteiger partial charge in [0.15, 0.2) is 24.1 Å². The first-order valence-corrected chi connectivity index (χ1v) is 12.9. The Hall–Kier alpha value is -4.63. The zero-order valence-electron chi connectivity index (χ0n) is 20.2. The van der Waals surface area contributed by atoms with Crippen molar-refractivity contribution in [2.45, 2.75) is 25.7 Å². The lowest BCUT2D eigenvalue weighted by Crippen LogP contribution is -2.73. The third kappa shape index (κ3) is 4.84. The summed E-state index contributed by atoms with van der Waals surface area (Å²) in [5, 5.41) is 2.33. The maximum Gasteiger partial charge on any atom is 0.365 e. The summed E-state index contributed by atoms with van der Waals surface area (Å²) in [5.41, 5.74) is -0.778. The van der Waals surface area contributed by atoms with Crippen LogP contribution in [0.4, 0.5) is 0 Å². The number of hydrogen-bond donors (Lipinski definition) is 2. The van der Waals surface area contributed by atoms with Gasteiger partial charge in [0.2, 0.25) is 18.4 Å². The van der Waals surface area contributed by atoms with E-state index in [1.54, 1.807) is 47.9 Å². The summed E-state index contributed by atoms with van der Waals surface area (Å²) in [7, 11) is -5.17. The fraction of sp³-hybridized carbons (Fsp3) is 0.250. The molecule has 2 aliphatic heterocycles. The number of β-lactam (4-membered cyclic amide) rings is 1. The number of fused-ring (bicyclic) bond motifs is 2. The second-order valence-corrected chi connectivity index (χ2v) is 9.72. The fourth-order valence-electron chi connectivity index (χ4n) is 4.17. The Balaban J connectivity index is 1.40. The van der Waals surface area contributed by atoms with E-state index in [9.17, 15) is 32.1 Å². The molecule has 15 heteroatoms. The number of pyridine rings is 1. The van der Waals surface area contributed by atoms with Crippen molar-refractivity contribution in [3.8, 4) is 17.2 Å². The number of aryl methyl sites for hydroxylation is 1. The standard InChI is InChI=1S/C24H21N3O11S/c1-2-26-10-15(21(29)14-8-17-18(9-16(14)26)37-12-36-17)24(31)38-23-20(22(30)27(23)39(32,33)34)25-19(28)11-35-13-6-4-3-5-7-13/h3-10,20,23H,2,11-12H2,1H3,(H,25,28)(H,32,33,34)/t20-,23?/m1/s1. The highest BCUT2D eigenvalue weighted by atomic mass is 32.2. The van der Waals surface area contributed by atoms with Crippen LogP contribution in [-0.4, -0.2) is 65.3 Å². The first-order valence-electron chi connectivity index (χ1n) is 11.5. The predicted molar refractivity (Wildman–Crippen MR) is 131 cm³/mol. The molecule has 14 nitrogen and oxygen atoms in total. The normalized spacial score (nSPS) is 18.0. The summed E-state index contributed by atoms with van der Waals surface area (Å²) in [6.07, 6.45) is -0.739. The molecule has 0 aliphatic carbocycles. The molecule has 1 aromatic heterocycles. The van der Waals surface area contributed by atoms with Crippen LogP contribution in [0, 0.1) is 0 Å². The Kier molecular flexibility index (Phi) is 6.61. The number of rotatable bonds is 8. The van der Waals surface area contributed by atoms with Gasteiger partial charge in [-0.3, -0.25) is 18.9 Å². The van der Waals surface area contributed by atoms with E-state index in [1.807, 2.05) is 0 Å². The summed E-state index contributed by atoms with van der Waals surface area (Å²) in [6.45, 7) is 1.51. The van der Waals surface area contributed by atoms with E-state index < -0.39 is 58.0 Å². The number of nitrogens with zero attached hydrogens (tertiary/aromatic N) is 2. The fourth-order valence-corrected chi connectivity index (χ4v) is 4.94. The van der Waals surface area contributed by atoms with Crippen molar-refractivity contribution in [3.63, 3.8) is 0 Å². The van der Waals surface area contributed by atoms with Crippen LogP contribution in [0.3, 0.4) is 0 Å². The molecule has 1 saturated heterocycles. The Morgan fingerprint density at radius 2 is 1.82 bits per heavy atom. The molecule has 2 aromatic carbocycles. The first kappa shape index (κ1) is 26.0. The predicted octanol–water partition coefficient (Wildman–Crippen LogP) is 0.442. The van der Waals surface area contributed by atoms with Gasteiger partial charge in [-0.2, -0.15) is 12.7 Å². The molecular weight excluding hydrogens is 538 g/mol. The van der Waals surface area contributed by atoms with Crippen LogP contribution in [0.1, 0.15) is 17.3 Å². The van der Waals surface area contributed by atoms with Gasteiger partial charge in [-0.25, -0.2) is 4.79 Å². The third-order valence-electron chi connectivity index (χ3n) is 6.04. The van der Waals surface area contributed by atoms with Crippen LogP contribution >= 0.6 is 0 Å². The van der Waals surface area contributed by atoms with Crippen LogP contribution in [0.5, 0.6) is 17.2 Å². The number of carbonyl (C=O) groups excluding carboxylic acids is 3. The summed E-state index contributed by atoms with van der Waals surface area (Å²) in [6, 6.07) is 9.61. The number of esters is 1. The molecule has 3 aromatic rings. The minimum atomic E-state index is -5.17. The molecule has 2 aliphatic rings. The highest BCUT2D eigenvalue weighted by Crippen LogP contribution is 2.35. The maximum absolute atomic E-state index is 13.2. The lowest BCUT2D eigenvalue weighted by atomic mass is 10.1. The lowest BCUT2D eigenvalue weighted by molar-refractivity contribution is -0.162. The average molecular weight is 560 g/mol. The average Bonchev–Trinajstić information content (AvgIpc) is 3.37. The van der Waals surface area contributed by atoms with Gasteiger partial charge in [-0.05, 0) is 25.1 Å². The van der Waals surface area contributed by atoms with E-state index >= 15 is 0 Å². The van der Waals surface area contributed by atoms with Gasteiger partial charge in [0, 0.05) is 18.8 Å². The van der Waals surface area contributed by atoms with Gasteiger partial charge in [0.1, 0.15) is 11.3 Å². The molecule has 1 fully saturated rings. The van der Waals surface area contributed by atoms with E-state index in [1.165, 1.54) is 12.3 Å². The minimum Gasteiger partial charge on any atom is -0.484 e. The molecule has 0 radical (unpaired) electrons. The molecule has 0 bridgehead atoms.